The minimum absolute atomic E-state index is 0.679. The van der Waals surface area contributed by atoms with Gasteiger partial charge in [-0.1, -0.05) is 12.1 Å². The molecule has 3 aromatic rings. The number of aldehydes is 1. The zero-order chi connectivity index (χ0) is 11.7. The molecule has 82 valence electrons. The number of fused-ring (bicyclic) bond motifs is 1. The van der Waals surface area contributed by atoms with Gasteiger partial charge in [-0.15, -0.1) is 0 Å². The molecule has 0 saturated heterocycles. The van der Waals surface area contributed by atoms with Gasteiger partial charge in [-0.3, -0.25) is 9.36 Å². The van der Waals surface area contributed by atoms with E-state index in [1.807, 2.05) is 41.0 Å². The number of carbonyl (C=O) groups is 1. The molecule has 3 nitrogen and oxygen atoms in total. The number of hydrogen-bond acceptors (Lipinski definition) is 2. The summed E-state index contributed by atoms with van der Waals surface area (Å²) < 4.78 is 2.00. The fourth-order valence-electron chi connectivity index (χ4n) is 1.88. The van der Waals surface area contributed by atoms with Crippen molar-refractivity contribution in [3.05, 3.63) is 60.4 Å². The monoisotopic (exact) mass is 222 g/mol. The average Bonchev–Trinajstić information content (AvgIpc) is 2.83. The molecule has 0 spiro atoms. The van der Waals surface area contributed by atoms with E-state index in [4.69, 9.17) is 0 Å². The third kappa shape index (κ3) is 1.61. The first-order chi connectivity index (χ1) is 8.38. The topological polar surface area (TPSA) is 34.9 Å². The molecule has 0 aliphatic rings. The predicted octanol–water partition coefficient (Wildman–Crippen LogP) is 2.84. The normalized spacial score (nSPS) is 10.6. The van der Waals surface area contributed by atoms with E-state index < -0.39 is 0 Å². The molecule has 0 aliphatic heterocycles. The van der Waals surface area contributed by atoms with Crippen molar-refractivity contribution in [2.45, 2.75) is 0 Å². The van der Waals surface area contributed by atoms with Gasteiger partial charge in [0.15, 0.2) is 0 Å². The first kappa shape index (κ1) is 9.78. The number of imidazole rings is 1. The van der Waals surface area contributed by atoms with Crippen LogP contribution in [0.1, 0.15) is 10.4 Å². The van der Waals surface area contributed by atoms with Crippen molar-refractivity contribution in [1.82, 2.24) is 9.55 Å². The van der Waals surface area contributed by atoms with Gasteiger partial charge >= 0.3 is 0 Å². The van der Waals surface area contributed by atoms with Gasteiger partial charge in [0.2, 0.25) is 0 Å². The Labute approximate surface area is 98.3 Å². The van der Waals surface area contributed by atoms with Gasteiger partial charge in [-0.25, -0.2) is 4.98 Å². The highest BCUT2D eigenvalue weighted by atomic mass is 16.1. The highest BCUT2D eigenvalue weighted by Gasteiger charge is 2.03. The molecule has 0 N–H and O–H groups in total. The second-order valence-corrected chi connectivity index (χ2v) is 3.81. The highest BCUT2D eigenvalue weighted by molar-refractivity contribution is 5.78. The first-order valence-electron chi connectivity index (χ1n) is 5.36. The minimum Gasteiger partial charge on any atom is -0.299 e. The first-order valence-corrected chi connectivity index (χ1v) is 5.36. The van der Waals surface area contributed by atoms with Gasteiger partial charge in [-0.05, 0) is 36.4 Å². The minimum atomic E-state index is 0.679. The molecule has 1 heterocycles. The van der Waals surface area contributed by atoms with Crippen LogP contribution in [-0.4, -0.2) is 15.8 Å². The molecule has 0 unspecified atom stereocenters. The van der Waals surface area contributed by atoms with Crippen LogP contribution in [0, 0.1) is 0 Å². The lowest BCUT2D eigenvalue weighted by molar-refractivity contribution is 0.112. The van der Waals surface area contributed by atoms with E-state index in [1.165, 1.54) is 0 Å². The maximum absolute atomic E-state index is 10.6. The number of para-hydroxylation sites is 2. The third-order valence-corrected chi connectivity index (χ3v) is 2.76. The van der Waals surface area contributed by atoms with E-state index in [-0.39, 0.29) is 0 Å². The van der Waals surface area contributed by atoms with Gasteiger partial charge in [-0.2, -0.15) is 0 Å². The number of hydrogen-bond donors (Lipinski definition) is 0. The van der Waals surface area contributed by atoms with Crippen LogP contribution in [0.3, 0.4) is 0 Å². The summed E-state index contributed by atoms with van der Waals surface area (Å²) in [7, 11) is 0. The van der Waals surface area contributed by atoms with Crippen molar-refractivity contribution >= 4 is 17.3 Å². The Balaban J connectivity index is 2.16. The van der Waals surface area contributed by atoms with Crippen LogP contribution in [0.4, 0.5) is 0 Å². The number of benzene rings is 2. The summed E-state index contributed by atoms with van der Waals surface area (Å²) in [5.74, 6) is 0. The third-order valence-electron chi connectivity index (χ3n) is 2.76. The predicted molar refractivity (Wildman–Crippen MR) is 66.5 cm³/mol. The van der Waals surface area contributed by atoms with Gasteiger partial charge in [0.25, 0.3) is 0 Å². The van der Waals surface area contributed by atoms with Crippen molar-refractivity contribution in [2.75, 3.05) is 0 Å². The lowest BCUT2D eigenvalue weighted by atomic mass is 10.2. The molecule has 0 aliphatic carbocycles. The largest absolute Gasteiger partial charge is 0.299 e. The van der Waals surface area contributed by atoms with Crippen LogP contribution in [0.2, 0.25) is 0 Å². The fourth-order valence-corrected chi connectivity index (χ4v) is 1.88. The number of rotatable bonds is 2. The van der Waals surface area contributed by atoms with Crippen molar-refractivity contribution in [2.24, 2.45) is 0 Å². The van der Waals surface area contributed by atoms with Crippen molar-refractivity contribution in [1.29, 1.82) is 0 Å². The van der Waals surface area contributed by atoms with Crippen molar-refractivity contribution < 1.29 is 4.79 Å². The molecule has 0 amide bonds. The Morgan fingerprint density at radius 1 is 1.00 bits per heavy atom. The van der Waals surface area contributed by atoms with Gasteiger partial charge in [0, 0.05) is 11.3 Å². The summed E-state index contributed by atoms with van der Waals surface area (Å²) in [6, 6.07) is 15.4. The van der Waals surface area contributed by atoms with E-state index in [2.05, 4.69) is 4.98 Å². The summed E-state index contributed by atoms with van der Waals surface area (Å²) in [6.07, 6.45) is 2.64. The second kappa shape index (κ2) is 3.87. The molecule has 1 aromatic heterocycles. The van der Waals surface area contributed by atoms with Gasteiger partial charge in [0.05, 0.1) is 11.0 Å². The van der Waals surface area contributed by atoms with E-state index in [0.717, 1.165) is 23.0 Å². The summed E-state index contributed by atoms with van der Waals surface area (Å²) >= 11 is 0. The molecular weight excluding hydrogens is 212 g/mol. The Morgan fingerprint density at radius 3 is 2.53 bits per heavy atom. The molecule has 17 heavy (non-hydrogen) atoms. The van der Waals surface area contributed by atoms with Gasteiger partial charge in [0.1, 0.15) is 12.6 Å². The SMILES string of the molecule is O=Cc1ccc(-n2cnc3ccccc32)cc1. The Morgan fingerprint density at radius 2 is 1.76 bits per heavy atom. The van der Waals surface area contributed by atoms with Gasteiger partial charge < -0.3 is 0 Å². The molecular formula is C14H10N2O. The van der Waals surface area contributed by atoms with Crippen LogP contribution in [0.25, 0.3) is 16.7 Å². The lowest BCUT2D eigenvalue weighted by Gasteiger charge is -2.03. The molecule has 0 bridgehead atoms. The van der Waals surface area contributed by atoms with E-state index in [1.54, 1.807) is 18.5 Å². The lowest BCUT2D eigenvalue weighted by Crippen LogP contribution is -1.91. The average molecular weight is 222 g/mol. The van der Waals surface area contributed by atoms with Crippen LogP contribution < -0.4 is 0 Å². The van der Waals surface area contributed by atoms with E-state index in [0.29, 0.717) is 5.56 Å². The van der Waals surface area contributed by atoms with Crippen LogP contribution in [-0.2, 0) is 0 Å². The van der Waals surface area contributed by atoms with E-state index in [9.17, 15) is 4.79 Å². The fraction of sp³-hybridized carbons (Fsp3) is 0. The van der Waals surface area contributed by atoms with Crippen LogP contribution >= 0.6 is 0 Å². The summed E-state index contributed by atoms with van der Waals surface area (Å²) in [4.78, 5) is 14.9. The maximum atomic E-state index is 10.6. The summed E-state index contributed by atoms with van der Waals surface area (Å²) in [5, 5.41) is 0. The molecule has 0 fully saturated rings. The van der Waals surface area contributed by atoms with Crippen LogP contribution in [0.15, 0.2) is 54.9 Å². The zero-order valence-electron chi connectivity index (χ0n) is 9.08. The van der Waals surface area contributed by atoms with Crippen molar-refractivity contribution in [3.8, 4) is 5.69 Å². The van der Waals surface area contributed by atoms with Crippen LogP contribution in [0.5, 0.6) is 0 Å². The molecule has 3 rings (SSSR count). The molecule has 0 radical (unpaired) electrons. The number of nitrogens with zero attached hydrogens (tertiary/aromatic N) is 2. The second-order valence-electron chi connectivity index (χ2n) is 3.81. The Hall–Kier alpha value is -2.42. The molecule has 0 atom stereocenters. The van der Waals surface area contributed by atoms with E-state index >= 15 is 0 Å². The zero-order valence-corrected chi connectivity index (χ0v) is 9.08. The smallest absolute Gasteiger partial charge is 0.150 e. The maximum Gasteiger partial charge on any atom is 0.150 e. The standard InChI is InChI=1S/C14H10N2O/c17-9-11-5-7-12(8-6-11)16-10-15-13-3-1-2-4-14(13)16/h1-10H. The van der Waals surface area contributed by atoms with Crippen molar-refractivity contribution in [3.63, 3.8) is 0 Å². The summed E-state index contributed by atoms with van der Waals surface area (Å²) in [5.41, 5.74) is 3.71. The molecule has 3 heteroatoms. The quantitative estimate of drug-likeness (QED) is 0.625. The molecule has 2 aromatic carbocycles. The number of aromatic nitrogens is 2. The Bertz CT molecular complexity index is 668. The summed E-state index contributed by atoms with van der Waals surface area (Å²) in [6.45, 7) is 0. The number of carbonyl (C=O) groups excluding carboxylic acids is 1. The molecule has 0 saturated carbocycles. The highest BCUT2D eigenvalue weighted by Crippen LogP contribution is 2.17. The Kier molecular flexibility index (Phi) is 2.22.